The maximum Gasteiger partial charge on any atom is 0.270 e. The maximum atomic E-state index is 13.1. The molecule has 0 bridgehead atoms. The molecule has 0 aliphatic carbocycles. The van der Waals surface area contributed by atoms with Gasteiger partial charge in [0.1, 0.15) is 6.54 Å². The molecule has 0 heterocycles. The highest BCUT2D eigenvalue weighted by Gasteiger charge is 2.29. The van der Waals surface area contributed by atoms with Crippen LogP contribution in [0.3, 0.4) is 0 Å². The van der Waals surface area contributed by atoms with Gasteiger partial charge in [-0.2, -0.15) is 0 Å². The number of carbonyl (C=O) groups excluding carboxylic acids is 1. The normalized spacial score (nSPS) is 11.0. The summed E-state index contributed by atoms with van der Waals surface area (Å²) < 4.78 is 27.0. The summed E-state index contributed by atoms with van der Waals surface area (Å²) in [6.07, 6.45) is 0. The third-order valence-corrected chi connectivity index (χ3v) is 5.44. The van der Waals surface area contributed by atoms with Crippen molar-refractivity contribution in [1.29, 1.82) is 0 Å². The van der Waals surface area contributed by atoms with Gasteiger partial charge in [0.15, 0.2) is 0 Å². The van der Waals surface area contributed by atoms with Gasteiger partial charge in [-0.25, -0.2) is 14.3 Å². The fourth-order valence-corrected chi connectivity index (χ4v) is 3.97. The summed E-state index contributed by atoms with van der Waals surface area (Å²) in [5, 5.41) is 11.0. The van der Waals surface area contributed by atoms with E-state index in [1.807, 2.05) is 12.3 Å². The molecule has 0 saturated carbocycles. The summed E-state index contributed by atoms with van der Waals surface area (Å²) in [4.78, 5) is 21.7. The lowest BCUT2D eigenvalue weighted by Crippen LogP contribution is -2.43. The zero-order valence-electron chi connectivity index (χ0n) is 14.2. The van der Waals surface area contributed by atoms with Crippen LogP contribution >= 0.6 is 0 Å². The number of nitrogens with zero attached hydrogens (tertiary/aromatic N) is 2. The van der Waals surface area contributed by atoms with Crippen molar-refractivity contribution < 1.29 is 18.1 Å². The molecule has 2 aromatic rings. The van der Waals surface area contributed by atoms with Crippen molar-refractivity contribution in [2.24, 2.45) is 5.84 Å². The Hall–Kier alpha value is -2.98. The molecule has 0 aromatic heterocycles. The van der Waals surface area contributed by atoms with Crippen LogP contribution in [0.1, 0.15) is 11.1 Å². The zero-order valence-corrected chi connectivity index (χ0v) is 15.0. The predicted molar refractivity (Wildman–Crippen MR) is 95.9 cm³/mol. The van der Waals surface area contributed by atoms with Gasteiger partial charge in [-0.15, -0.1) is 0 Å². The van der Waals surface area contributed by atoms with Crippen molar-refractivity contribution in [3.8, 4) is 0 Å². The Morgan fingerprint density at radius 3 is 2.50 bits per heavy atom. The third kappa shape index (κ3) is 3.98. The molecule has 9 nitrogen and oxygen atoms in total. The highest BCUT2D eigenvalue weighted by atomic mass is 32.2. The minimum Gasteiger partial charge on any atom is -0.293 e. The molecule has 2 aromatic carbocycles. The molecule has 0 unspecified atom stereocenters. The van der Waals surface area contributed by atoms with E-state index in [9.17, 15) is 23.3 Å². The standard InChI is InChI=1S/C16H18N4O5S/c1-11-6-7-15(12(2)8-11)19(10-16(21)18-17)26(24,25)14-5-3-4-13(9-14)20(22)23/h3-9H,10,17H2,1-2H3,(H,18,21). The predicted octanol–water partition coefficient (Wildman–Crippen LogP) is 1.40. The number of hydrazine groups is 1. The van der Waals surface area contributed by atoms with Crippen LogP contribution in [0.25, 0.3) is 0 Å². The number of hydrogen-bond acceptors (Lipinski definition) is 6. The van der Waals surface area contributed by atoms with E-state index < -0.39 is 27.4 Å². The van der Waals surface area contributed by atoms with Gasteiger partial charge >= 0.3 is 0 Å². The van der Waals surface area contributed by atoms with Crippen molar-refractivity contribution in [1.82, 2.24) is 5.43 Å². The second-order valence-electron chi connectivity index (χ2n) is 5.62. The Balaban J connectivity index is 2.61. The molecule has 0 radical (unpaired) electrons. The van der Waals surface area contributed by atoms with E-state index in [-0.39, 0.29) is 16.3 Å². The van der Waals surface area contributed by atoms with Gasteiger partial charge in [-0.05, 0) is 31.5 Å². The van der Waals surface area contributed by atoms with Crippen LogP contribution in [-0.4, -0.2) is 25.8 Å². The maximum absolute atomic E-state index is 13.1. The molecule has 0 aliphatic heterocycles. The molecular weight excluding hydrogens is 360 g/mol. The number of nitrogens with two attached hydrogens (primary N) is 1. The van der Waals surface area contributed by atoms with E-state index in [0.717, 1.165) is 15.9 Å². The van der Waals surface area contributed by atoms with E-state index in [1.54, 1.807) is 25.1 Å². The first-order valence-corrected chi connectivity index (χ1v) is 8.94. The third-order valence-electron chi connectivity index (χ3n) is 3.69. The molecule has 10 heteroatoms. The number of hydrogen-bond donors (Lipinski definition) is 2. The van der Waals surface area contributed by atoms with Crippen LogP contribution in [-0.2, 0) is 14.8 Å². The number of nitrogens with one attached hydrogen (secondary N) is 1. The highest BCUT2D eigenvalue weighted by molar-refractivity contribution is 7.92. The number of anilines is 1. The lowest BCUT2D eigenvalue weighted by atomic mass is 10.1. The number of rotatable bonds is 6. The minimum absolute atomic E-state index is 0.283. The number of non-ortho nitro benzene ring substituents is 1. The summed E-state index contributed by atoms with van der Waals surface area (Å²) in [6, 6.07) is 9.69. The van der Waals surface area contributed by atoms with E-state index >= 15 is 0 Å². The molecule has 2 rings (SSSR count). The molecule has 0 aliphatic rings. The molecule has 0 fully saturated rings. The van der Waals surface area contributed by atoms with E-state index in [1.165, 1.54) is 18.2 Å². The van der Waals surface area contributed by atoms with Crippen molar-refractivity contribution >= 4 is 27.3 Å². The second-order valence-corrected chi connectivity index (χ2v) is 7.49. The summed E-state index contributed by atoms with van der Waals surface area (Å²) in [7, 11) is -4.24. The fourth-order valence-electron chi connectivity index (χ4n) is 2.45. The number of aryl methyl sites for hydroxylation is 2. The number of carbonyl (C=O) groups is 1. The first kappa shape index (κ1) is 19.3. The van der Waals surface area contributed by atoms with Crippen LogP contribution in [0.2, 0.25) is 0 Å². The fraction of sp³-hybridized carbons (Fsp3) is 0.188. The summed E-state index contributed by atoms with van der Waals surface area (Å²) >= 11 is 0. The topological polar surface area (TPSA) is 136 Å². The van der Waals surface area contributed by atoms with Gasteiger partial charge in [-0.1, -0.05) is 23.8 Å². The molecule has 138 valence electrons. The van der Waals surface area contributed by atoms with Gasteiger partial charge in [0.05, 0.1) is 15.5 Å². The molecule has 3 N–H and O–H groups in total. The largest absolute Gasteiger partial charge is 0.293 e. The van der Waals surface area contributed by atoms with E-state index in [0.29, 0.717) is 5.56 Å². The highest BCUT2D eigenvalue weighted by Crippen LogP contribution is 2.28. The molecule has 0 saturated heterocycles. The van der Waals surface area contributed by atoms with Crippen LogP contribution in [0.4, 0.5) is 11.4 Å². The smallest absolute Gasteiger partial charge is 0.270 e. The average molecular weight is 378 g/mol. The van der Waals surface area contributed by atoms with Gasteiger partial charge in [0, 0.05) is 12.1 Å². The lowest BCUT2D eigenvalue weighted by molar-refractivity contribution is -0.385. The Bertz CT molecular complexity index is 959. The summed E-state index contributed by atoms with van der Waals surface area (Å²) in [6.45, 7) is 2.99. The van der Waals surface area contributed by atoms with Crippen molar-refractivity contribution in [3.63, 3.8) is 0 Å². The van der Waals surface area contributed by atoms with Crippen LogP contribution in [0.5, 0.6) is 0 Å². The number of nitro benzene ring substituents is 1. The van der Waals surface area contributed by atoms with Crippen LogP contribution < -0.4 is 15.6 Å². The lowest BCUT2D eigenvalue weighted by Gasteiger charge is -2.25. The van der Waals surface area contributed by atoms with E-state index in [2.05, 4.69) is 0 Å². The number of amides is 1. The van der Waals surface area contributed by atoms with Crippen LogP contribution in [0, 0.1) is 24.0 Å². The van der Waals surface area contributed by atoms with Crippen molar-refractivity contribution in [2.45, 2.75) is 18.7 Å². The first-order chi connectivity index (χ1) is 12.2. The van der Waals surface area contributed by atoms with Gasteiger partial charge in [-0.3, -0.25) is 24.6 Å². The van der Waals surface area contributed by atoms with E-state index in [4.69, 9.17) is 5.84 Å². The van der Waals surface area contributed by atoms with Crippen LogP contribution in [0.15, 0.2) is 47.4 Å². The molecular formula is C16H18N4O5S. The van der Waals surface area contributed by atoms with Gasteiger partial charge in [0.2, 0.25) is 0 Å². The molecule has 1 amide bonds. The summed E-state index contributed by atoms with van der Waals surface area (Å²) in [5.74, 6) is 4.37. The van der Waals surface area contributed by atoms with Gasteiger partial charge < -0.3 is 0 Å². The monoisotopic (exact) mass is 378 g/mol. The van der Waals surface area contributed by atoms with Gasteiger partial charge in [0.25, 0.3) is 21.6 Å². The zero-order chi connectivity index (χ0) is 19.5. The number of sulfonamides is 1. The summed E-state index contributed by atoms with van der Waals surface area (Å²) in [5.41, 5.74) is 3.36. The Morgan fingerprint density at radius 2 is 1.92 bits per heavy atom. The number of benzene rings is 2. The molecule has 0 atom stereocenters. The Kier molecular flexibility index (Phi) is 5.58. The first-order valence-electron chi connectivity index (χ1n) is 7.50. The number of nitro groups is 1. The van der Waals surface area contributed by atoms with Crippen molar-refractivity contribution in [2.75, 3.05) is 10.8 Å². The molecule has 0 spiro atoms. The minimum atomic E-state index is -4.24. The average Bonchev–Trinajstić information content (AvgIpc) is 2.60. The SMILES string of the molecule is Cc1ccc(N(CC(=O)NN)S(=O)(=O)c2cccc([N+](=O)[O-])c2)c(C)c1. The Labute approximate surface area is 150 Å². The van der Waals surface area contributed by atoms with Crippen molar-refractivity contribution in [3.05, 3.63) is 63.7 Å². The Morgan fingerprint density at radius 1 is 1.23 bits per heavy atom. The molecule has 26 heavy (non-hydrogen) atoms. The second kappa shape index (κ2) is 7.50. The quantitative estimate of drug-likeness (QED) is 0.337.